The molecular formula is C13H15NO2. The van der Waals surface area contributed by atoms with Crippen molar-refractivity contribution in [2.24, 2.45) is 4.99 Å². The molecule has 1 N–H and O–H groups in total. The normalized spacial score (nSPS) is 16.8. The van der Waals surface area contributed by atoms with Gasteiger partial charge in [0.05, 0.1) is 12.1 Å². The summed E-state index contributed by atoms with van der Waals surface area (Å²) in [4.78, 5) is 15.1. The van der Waals surface area contributed by atoms with Gasteiger partial charge in [-0.15, -0.1) is 0 Å². The second-order valence-electron chi connectivity index (χ2n) is 4.59. The van der Waals surface area contributed by atoms with Crippen molar-refractivity contribution in [3.8, 4) is 0 Å². The van der Waals surface area contributed by atoms with Crippen molar-refractivity contribution in [3.05, 3.63) is 29.8 Å². The predicted octanol–water partition coefficient (Wildman–Crippen LogP) is 2.92. The maximum Gasteiger partial charge on any atom is 0.303 e. The molecule has 0 atom stereocenters. The molecule has 0 aromatic heterocycles. The van der Waals surface area contributed by atoms with Crippen LogP contribution in [0.5, 0.6) is 0 Å². The fraction of sp³-hybridized carbons (Fsp3) is 0.385. The summed E-state index contributed by atoms with van der Waals surface area (Å²) in [6.45, 7) is 4.19. The van der Waals surface area contributed by atoms with Gasteiger partial charge < -0.3 is 5.11 Å². The lowest BCUT2D eigenvalue weighted by Crippen LogP contribution is -2.25. The van der Waals surface area contributed by atoms with E-state index in [4.69, 9.17) is 5.11 Å². The highest BCUT2D eigenvalue weighted by atomic mass is 16.4. The smallest absolute Gasteiger partial charge is 0.303 e. The summed E-state index contributed by atoms with van der Waals surface area (Å²) < 4.78 is 0. The molecule has 0 aliphatic carbocycles. The number of carboxylic acid groups (broad SMARTS) is 1. The fourth-order valence-electron chi connectivity index (χ4n) is 2.13. The molecule has 2 rings (SSSR count). The van der Waals surface area contributed by atoms with Gasteiger partial charge in [-0.3, -0.25) is 9.79 Å². The second kappa shape index (κ2) is 3.74. The van der Waals surface area contributed by atoms with Gasteiger partial charge in [-0.2, -0.15) is 0 Å². The number of carboxylic acids is 1. The third-order valence-electron chi connectivity index (χ3n) is 3.13. The van der Waals surface area contributed by atoms with Crippen LogP contribution in [0.3, 0.4) is 0 Å². The molecule has 1 aromatic carbocycles. The number of hydrogen-bond acceptors (Lipinski definition) is 2. The quantitative estimate of drug-likeness (QED) is 0.846. The summed E-state index contributed by atoms with van der Waals surface area (Å²) in [5.74, 6) is -0.769. The van der Waals surface area contributed by atoms with E-state index < -0.39 is 5.97 Å². The lowest BCUT2D eigenvalue weighted by molar-refractivity contribution is -0.136. The molecule has 1 heterocycles. The van der Waals surface area contributed by atoms with E-state index in [0.717, 1.165) is 11.4 Å². The van der Waals surface area contributed by atoms with Crippen LogP contribution in [-0.2, 0) is 10.2 Å². The molecule has 1 aliphatic heterocycles. The Bertz CT molecular complexity index is 461. The van der Waals surface area contributed by atoms with E-state index in [1.165, 1.54) is 5.56 Å². The molecule has 0 unspecified atom stereocenters. The number of nitrogens with zero attached hydrogens (tertiary/aromatic N) is 1. The summed E-state index contributed by atoms with van der Waals surface area (Å²) in [5, 5.41) is 8.71. The minimum atomic E-state index is -0.769. The van der Waals surface area contributed by atoms with Gasteiger partial charge in [0.15, 0.2) is 0 Å². The standard InChI is InChI=1S/C13H15NO2/c1-13(2)9-5-3-4-6-10(9)14-11(13)7-8-12(15)16/h3-6H,7-8H2,1-2H3,(H,15,16). The van der Waals surface area contributed by atoms with Gasteiger partial charge in [-0.25, -0.2) is 0 Å². The average molecular weight is 217 g/mol. The zero-order chi connectivity index (χ0) is 11.8. The van der Waals surface area contributed by atoms with Gasteiger partial charge in [0.25, 0.3) is 0 Å². The van der Waals surface area contributed by atoms with E-state index in [9.17, 15) is 4.79 Å². The van der Waals surface area contributed by atoms with E-state index >= 15 is 0 Å². The predicted molar refractivity (Wildman–Crippen MR) is 63.4 cm³/mol. The maximum atomic E-state index is 10.6. The monoisotopic (exact) mass is 217 g/mol. The highest BCUT2D eigenvalue weighted by molar-refractivity contribution is 6.02. The molecular weight excluding hydrogens is 202 g/mol. The Morgan fingerprint density at radius 1 is 1.38 bits per heavy atom. The number of fused-ring (bicyclic) bond motifs is 1. The number of aliphatic imine (C=N–C) groups is 1. The summed E-state index contributed by atoms with van der Waals surface area (Å²) >= 11 is 0. The van der Waals surface area contributed by atoms with Crippen LogP contribution in [-0.4, -0.2) is 16.8 Å². The van der Waals surface area contributed by atoms with E-state index in [1.807, 2.05) is 18.2 Å². The summed E-state index contributed by atoms with van der Waals surface area (Å²) in [6.07, 6.45) is 0.674. The van der Waals surface area contributed by atoms with Crippen molar-refractivity contribution in [1.29, 1.82) is 0 Å². The van der Waals surface area contributed by atoms with E-state index in [0.29, 0.717) is 6.42 Å². The molecule has 0 bridgehead atoms. The van der Waals surface area contributed by atoms with Gasteiger partial charge >= 0.3 is 5.97 Å². The number of para-hydroxylation sites is 1. The Labute approximate surface area is 94.8 Å². The largest absolute Gasteiger partial charge is 0.481 e. The molecule has 0 radical (unpaired) electrons. The highest BCUT2D eigenvalue weighted by Crippen LogP contribution is 2.40. The van der Waals surface area contributed by atoms with Gasteiger partial charge in [-0.05, 0) is 18.1 Å². The average Bonchev–Trinajstić information content (AvgIpc) is 2.48. The summed E-state index contributed by atoms with van der Waals surface area (Å²) in [5.41, 5.74) is 3.01. The van der Waals surface area contributed by atoms with Crippen LogP contribution in [0, 0.1) is 0 Å². The van der Waals surface area contributed by atoms with Crippen LogP contribution in [0.15, 0.2) is 29.3 Å². The number of rotatable bonds is 3. The topological polar surface area (TPSA) is 49.7 Å². The van der Waals surface area contributed by atoms with Gasteiger partial charge in [-0.1, -0.05) is 32.0 Å². The number of carbonyl (C=O) groups is 1. The van der Waals surface area contributed by atoms with Crippen molar-refractivity contribution < 1.29 is 9.90 Å². The molecule has 0 amide bonds. The molecule has 1 aromatic rings. The summed E-state index contributed by atoms with van der Waals surface area (Å²) in [7, 11) is 0. The molecule has 1 aliphatic rings. The fourth-order valence-corrected chi connectivity index (χ4v) is 2.13. The first-order valence-electron chi connectivity index (χ1n) is 5.41. The molecule has 0 saturated carbocycles. The molecule has 3 nitrogen and oxygen atoms in total. The highest BCUT2D eigenvalue weighted by Gasteiger charge is 2.34. The van der Waals surface area contributed by atoms with Crippen molar-refractivity contribution >= 4 is 17.4 Å². The van der Waals surface area contributed by atoms with Crippen molar-refractivity contribution in [2.45, 2.75) is 32.1 Å². The Kier molecular flexibility index (Phi) is 2.54. The molecule has 3 heteroatoms. The van der Waals surface area contributed by atoms with Crippen molar-refractivity contribution in [2.75, 3.05) is 0 Å². The van der Waals surface area contributed by atoms with Crippen LogP contribution in [0.2, 0.25) is 0 Å². The number of hydrogen-bond donors (Lipinski definition) is 1. The van der Waals surface area contributed by atoms with Crippen LogP contribution in [0.1, 0.15) is 32.3 Å². The molecule has 0 spiro atoms. The number of aliphatic carboxylic acids is 1. The third-order valence-corrected chi connectivity index (χ3v) is 3.13. The molecule has 0 saturated heterocycles. The lowest BCUT2D eigenvalue weighted by atomic mass is 9.80. The first kappa shape index (κ1) is 10.9. The van der Waals surface area contributed by atoms with E-state index in [2.05, 4.69) is 24.9 Å². The van der Waals surface area contributed by atoms with Gasteiger partial charge in [0.2, 0.25) is 0 Å². The van der Waals surface area contributed by atoms with Crippen LogP contribution < -0.4 is 0 Å². The van der Waals surface area contributed by atoms with Crippen LogP contribution in [0.4, 0.5) is 5.69 Å². The maximum absolute atomic E-state index is 10.6. The van der Waals surface area contributed by atoms with Gasteiger partial charge in [0.1, 0.15) is 0 Å². The Morgan fingerprint density at radius 2 is 2.06 bits per heavy atom. The third kappa shape index (κ3) is 1.73. The Morgan fingerprint density at radius 3 is 2.69 bits per heavy atom. The first-order chi connectivity index (χ1) is 7.51. The molecule has 0 fully saturated rings. The minimum Gasteiger partial charge on any atom is -0.481 e. The van der Waals surface area contributed by atoms with Gasteiger partial charge in [0, 0.05) is 11.1 Å². The van der Waals surface area contributed by atoms with E-state index in [1.54, 1.807) is 0 Å². The van der Waals surface area contributed by atoms with Crippen LogP contribution in [0.25, 0.3) is 0 Å². The van der Waals surface area contributed by atoms with Crippen molar-refractivity contribution in [3.63, 3.8) is 0 Å². The Hall–Kier alpha value is -1.64. The zero-order valence-electron chi connectivity index (χ0n) is 9.53. The summed E-state index contributed by atoms with van der Waals surface area (Å²) in [6, 6.07) is 7.99. The van der Waals surface area contributed by atoms with Crippen molar-refractivity contribution in [1.82, 2.24) is 0 Å². The molecule has 84 valence electrons. The molecule has 16 heavy (non-hydrogen) atoms. The van der Waals surface area contributed by atoms with E-state index in [-0.39, 0.29) is 11.8 Å². The van der Waals surface area contributed by atoms with Crippen LogP contribution >= 0.6 is 0 Å². The second-order valence-corrected chi connectivity index (χ2v) is 4.59. The zero-order valence-corrected chi connectivity index (χ0v) is 9.53. The SMILES string of the molecule is CC1(C)C(CCC(=O)O)=Nc2ccccc21. The Balaban J connectivity index is 2.28. The lowest BCUT2D eigenvalue weighted by Gasteiger charge is -2.21. The minimum absolute atomic E-state index is 0.133. The number of benzene rings is 1. The first-order valence-corrected chi connectivity index (χ1v) is 5.41.